The van der Waals surface area contributed by atoms with Crippen LogP contribution in [0.5, 0.6) is 0 Å². The lowest BCUT2D eigenvalue weighted by Gasteiger charge is -2.32. The lowest BCUT2D eigenvalue weighted by atomic mass is 9.91. The lowest BCUT2D eigenvalue weighted by Crippen LogP contribution is -2.32. The van der Waals surface area contributed by atoms with Gasteiger partial charge in [-0.2, -0.15) is 0 Å². The van der Waals surface area contributed by atoms with Gasteiger partial charge in [-0.1, -0.05) is 164 Å². The number of allylic oxidation sites excluding steroid dienone is 14. The van der Waals surface area contributed by atoms with Gasteiger partial charge >= 0.3 is 0 Å². The predicted octanol–water partition coefficient (Wildman–Crippen LogP) is 20.2. The van der Waals surface area contributed by atoms with Gasteiger partial charge in [0.2, 0.25) is 0 Å². The van der Waals surface area contributed by atoms with Gasteiger partial charge in [-0.25, -0.2) is 0 Å². The molecule has 1 aliphatic heterocycles. The van der Waals surface area contributed by atoms with Crippen molar-refractivity contribution in [3.63, 3.8) is 0 Å². The van der Waals surface area contributed by atoms with Crippen LogP contribution in [0.3, 0.4) is 0 Å². The Morgan fingerprint density at radius 1 is 0.532 bits per heavy atom. The van der Waals surface area contributed by atoms with Crippen molar-refractivity contribution in [1.29, 1.82) is 0 Å². The minimum Gasteiger partial charge on any atom is -0.337 e. The first-order valence-electron chi connectivity index (χ1n) is 27.8. The molecule has 376 valence electrons. The Labute approximate surface area is 455 Å². The van der Waals surface area contributed by atoms with Crippen LogP contribution in [-0.4, -0.2) is 10.6 Å². The van der Waals surface area contributed by atoms with Crippen LogP contribution in [0.25, 0.3) is 50.5 Å². The maximum Gasteiger partial charge on any atom is 0.0626 e. The molecular formula is C73H64N4. The van der Waals surface area contributed by atoms with Crippen molar-refractivity contribution in [2.24, 2.45) is 0 Å². The second kappa shape index (κ2) is 21.0. The summed E-state index contributed by atoms with van der Waals surface area (Å²) in [6.07, 6.45) is 40.6. The third-order valence-corrected chi connectivity index (χ3v) is 16.3. The molecule has 0 radical (unpaired) electrons. The first kappa shape index (κ1) is 47.8. The van der Waals surface area contributed by atoms with E-state index in [1.807, 2.05) is 6.08 Å². The van der Waals surface area contributed by atoms with Crippen LogP contribution in [0.1, 0.15) is 79.7 Å². The standard InChI is InChI=1S/C73H64N4/c1-3-4-27-67-52(2)74(59-23-13-7-14-24-59)72-48-46-65(50-69(67)72)75(61-38-30-55(31-39-61)53-19-9-5-10-20-53)63-42-34-57(35-43-63)58-36-44-64(45-37-58)76(62-40-32-56(33-41-62)54-21-11-6-12-22-54)66-47-49-73-70(51-66)68-28-17-18-29-71(68)77(73)60-25-15-8-16-26-60/h3-4,6-7,9,11-13,17-23,25,27-51,68,71H,1,5,8,10,14-16,24,26H2,2H3/b27-4-. The van der Waals surface area contributed by atoms with Gasteiger partial charge in [0.15, 0.2) is 0 Å². The molecule has 0 bridgehead atoms. The summed E-state index contributed by atoms with van der Waals surface area (Å²) in [5.41, 5.74) is 23.2. The van der Waals surface area contributed by atoms with Crippen LogP contribution in [0.15, 0.2) is 255 Å². The van der Waals surface area contributed by atoms with Gasteiger partial charge in [0.25, 0.3) is 0 Å². The molecule has 4 aliphatic carbocycles. The molecule has 13 rings (SSSR count). The second-order valence-corrected chi connectivity index (χ2v) is 21.0. The van der Waals surface area contributed by atoms with E-state index >= 15 is 0 Å². The van der Waals surface area contributed by atoms with Crippen LogP contribution in [-0.2, 0) is 0 Å². The molecule has 0 fully saturated rings. The molecule has 0 spiro atoms. The summed E-state index contributed by atoms with van der Waals surface area (Å²) in [6.45, 7) is 6.27. The summed E-state index contributed by atoms with van der Waals surface area (Å²) >= 11 is 0. The van der Waals surface area contributed by atoms with Crippen LogP contribution in [0.4, 0.5) is 39.8 Å². The van der Waals surface area contributed by atoms with Crippen molar-refractivity contribution in [3.05, 3.63) is 277 Å². The van der Waals surface area contributed by atoms with Gasteiger partial charge in [0.1, 0.15) is 0 Å². The van der Waals surface area contributed by atoms with E-state index in [9.17, 15) is 0 Å². The Morgan fingerprint density at radius 3 is 1.77 bits per heavy atom. The largest absolute Gasteiger partial charge is 0.337 e. The molecule has 2 heterocycles. The molecule has 8 aromatic rings. The Balaban J connectivity index is 0.862. The number of anilines is 7. The number of hydrogen-bond donors (Lipinski definition) is 0. The van der Waals surface area contributed by atoms with E-state index in [4.69, 9.17) is 0 Å². The Morgan fingerprint density at radius 2 is 1.16 bits per heavy atom. The van der Waals surface area contributed by atoms with Crippen molar-refractivity contribution in [1.82, 2.24) is 4.57 Å². The van der Waals surface area contributed by atoms with Crippen molar-refractivity contribution in [3.8, 4) is 22.3 Å². The quantitative estimate of drug-likeness (QED) is 0.107. The van der Waals surface area contributed by atoms with E-state index < -0.39 is 0 Å². The van der Waals surface area contributed by atoms with Gasteiger partial charge in [-0.05, 0) is 188 Å². The highest BCUT2D eigenvalue weighted by Crippen LogP contribution is 2.50. The minimum absolute atomic E-state index is 0.297. The third kappa shape index (κ3) is 9.18. The van der Waals surface area contributed by atoms with Gasteiger partial charge < -0.3 is 19.3 Å². The summed E-state index contributed by atoms with van der Waals surface area (Å²) in [5, 5.41) is 1.22. The van der Waals surface area contributed by atoms with Crippen molar-refractivity contribution in [2.45, 2.75) is 70.3 Å². The van der Waals surface area contributed by atoms with Crippen molar-refractivity contribution in [2.75, 3.05) is 14.7 Å². The van der Waals surface area contributed by atoms with E-state index in [-0.39, 0.29) is 0 Å². The van der Waals surface area contributed by atoms with E-state index in [1.54, 1.807) is 0 Å². The first-order valence-corrected chi connectivity index (χ1v) is 27.8. The fourth-order valence-corrected chi connectivity index (χ4v) is 12.5. The monoisotopic (exact) mass is 997 g/mol. The zero-order valence-electron chi connectivity index (χ0n) is 44.0. The highest BCUT2D eigenvalue weighted by molar-refractivity contribution is 5.98. The molecule has 0 amide bonds. The van der Waals surface area contributed by atoms with E-state index in [1.165, 1.54) is 85.5 Å². The molecule has 5 aliphatic rings. The number of hydrogen-bond acceptors (Lipinski definition) is 3. The molecule has 2 atom stereocenters. The second-order valence-electron chi connectivity index (χ2n) is 21.0. The summed E-state index contributed by atoms with van der Waals surface area (Å²) in [7, 11) is 0. The van der Waals surface area contributed by atoms with Crippen LogP contribution >= 0.6 is 0 Å². The normalized spacial score (nSPS) is 17.5. The summed E-state index contributed by atoms with van der Waals surface area (Å²) in [4.78, 5) is 7.47. The smallest absolute Gasteiger partial charge is 0.0626 e. The summed E-state index contributed by atoms with van der Waals surface area (Å²) < 4.78 is 2.45. The molecule has 7 aromatic carbocycles. The molecule has 4 nitrogen and oxygen atoms in total. The summed E-state index contributed by atoms with van der Waals surface area (Å²) in [5.74, 6) is 0.297. The highest BCUT2D eigenvalue weighted by Gasteiger charge is 2.39. The number of rotatable bonds is 13. The third-order valence-electron chi connectivity index (χ3n) is 16.3. The van der Waals surface area contributed by atoms with Gasteiger partial charge in [0, 0.05) is 73.8 Å². The zero-order valence-corrected chi connectivity index (χ0v) is 44.0. The molecule has 4 heteroatoms. The number of nitrogens with zero attached hydrogens (tertiary/aromatic N) is 4. The lowest BCUT2D eigenvalue weighted by molar-refractivity contribution is 0.641. The van der Waals surface area contributed by atoms with Crippen molar-refractivity contribution >= 4 is 68.1 Å². The van der Waals surface area contributed by atoms with E-state index in [2.05, 4.69) is 276 Å². The van der Waals surface area contributed by atoms with Crippen molar-refractivity contribution < 1.29 is 0 Å². The average Bonchev–Trinajstić information content (AvgIpc) is 4.11. The first-order chi connectivity index (χ1) is 38.1. The maximum atomic E-state index is 4.02. The minimum atomic E-state index is 0.297. The Kier molecular flexibility index (Phi) is 13.1. The maximum absolute atomic E-state index is 4.02. The fourth-order valence-electron chi connectivity index (χ4n) is 12.5. The van der Waals surface area contributed by atoms with Crippen LogP contribution in [0.2, 0.25) is 0 Å². The number of aromatic nitrogens is 1. The SMILES string of the molecule is C=C/C=C\c1c(C)n(C2=CC=CCC2)c2ccc(N(c3ccc(C4=CCCC=C4)cc3)c3ccc(-c4ccc(N(c5ccc(-c6ccccc6)cc5)c5ccc6c(c5)C5C=CC=CC5N6C5=CCCCC5)cc4)cc3)cc12. The highest BCUT2D eigenvalue weighted by atomic mass is 15.2. The number of benzene rings is 7. The van der Waals surface area contributed by atoms with Gasteiger partial charge in [0.05, 0.1) is 11.6 Å². The van der Waals surface area contributed by atoms with E-state index in [0.717, 1.165) is 78.2 Å². The van der Waals surface area contributed by atoms with Crippen LogP contribution in [0, 0.1) is 6.92 Å². The fraction of sp³-hybridized carbons (Fsp3) is 0.151. The molecule has 2 unspecified atom stereocenters. The average molecular weight is 997 g/mol. The van der Waals surface area contributed by atoms with Crippen LogP contribution < -0.4 is 14.7 Å². The molecular weight excluding hydrogens is 933 g/mol. The molecule has 0 saturated heterocycles. The Hall–Kier alpha value is -8.86. The topological polar surface area (TPSA) is 14.7 Å². The zero-order chi connectivity index (χ0) is 51.7. The molecule has 0 N–H and O–H groups in total. The predicted molar refractivity (Wildman–Crippen MR) is 329 cm³/mol. The molecule has 1 aromatic heterocycles. The van der Waals surface area contributed by atoms with E-state index in [0.29, 0.717) is 12.0 Å². The van der Waals surface area contributed by atoms with Gasteiger partial charge in [-0.15, -0.1) is 0 Å². The summed E-state index contributed by atoms with van der Waals surface area (Å²) in [6, 6.07) is 61.5. The molecule has 77 heavy (non-hydrogen) atoms. The Bertz CT molecular complexity index is 3760. The molecule has 0 saturated carbocycles. The number of fused-ring (bicyclic) bond motifs is 4. The van der Waals surface area contributed by atoms with Gasteiger partial charge in [-0.3, -0.25) is 0 Å².